The molecule has 4 aliphatic carbocycles. The molecule has 0 aromatic heterocycles. The highest BCUT2D eigenvalue weighted by atomic mass is 32.2. The van der Waals surface area contributed by atoms with Gasteiger partial charge in [0, 0.05) is 23.9 Å². The number of allylic oxidation sites excluding steroid dienone is 2. The highest BCUT2D eigenvalue weighted by molar-refractivity contribution is 7.87. The highest BCUT2D eigenvalue weighted by Crippen LogP contribution is 2.70. The minimum Gasteiger partial charge on any atom is -0.396 e. The highest BCUT2D eigenvalue weighted by Gasteiger charge is 2.68. The molecule has 4 fully saturated rings. The van der Waals surface area contributed by atoms with Crippen LogP contribution < -0.4 is 0 Å². The van der Waals surface area contributed by atoms with Crippen LogP contribution in [0.3, 0.4) is 0 Å². The van der Waals surface area contributed by atoms with E-state index >= 15 is 0 Å². The number of fused-ring (bicyclic) bond motifs is 2. The summed E-state index contributed by atoms with van der Waals surface area (Å²) in [6.45, 7) is 10.0. The van der Waals surface area contributed by atoms with Gasteiger partial charge in [0.2, 0.25) is 0 Å². The number of halogens is 3. The molecule has 0 aliphatic heterocycles. The third kappa shape index (κ3) is 5.26. The van der Waals surface area contributed by atoms with Gasteiger partial charge in [-0.15, -0.1) is 0 Å². The normalized spacial score (nSPS) is 39.3. The average Bonchev–Trinajstić information content (AvgIpc) is 3.28. The van der Waals surface area contributed by atoms with Gasteiger partial charge in [-0.3, -0.25) is 4.18 Å². The van der Waals surface area contributed by atoms with Gasteiger partial charge in [0.15, 0.2) is 0 Å². The number of aliphatic hydroxyl groups is 2. The van der Waals surface area contributed by atoms with Crippen LogP contribution in [0.25, 0.3) is 0 Å². The minimum absolute atomic E-state index is 0.0376. The molecule has 0 heterocycles. The summed E-state index contributed by atoms with van der Waals surface area (Å²) >= 11 is 0. The molecule has 0 bridgehead atoms. The van der Waals surface area contributed by atoms with Gasteiger partial charge in [0.05, 0.1) is 11.7 Å². The molecule has 4 rings (SSSR count). The molecule has 2 N–H and O–H groups in total. The van der Waals surface area contributed by atoms with Crippen LogP contribution in [0.1, 0.15) is 86.0 Å². The average molecular weight is 563 g/mol. The van der Waals surface area contributed by atoms with Crippen molar-refractivity contribution in [2.75, 3.05) is 6.61 Å². The Balaban J connectivity index is 1.54. The first-order chi connectivity index (χ1) is 17.5. The smallest absolute Gasteiger partial charge is 0.396 e. The third-order valence-corrected chi connectivity index (χ3v) is 11.9. The monoisotopic (exact) mass is 562 g/mol. The minimum atomic E-state index is -5.69. The van der Waals surface area contributed by atoms with Gasteiger partial charge < -0.3 is 10.2 Å². The van der Waals surface area contributed by atoms with Crippen molar-refractivity contribution in [3.8, 4) is 0 Å². The second-order valence-electron chi connectivity index (χ2n) is 13.4. The molecule has 0 aromatic carbocycles. The number of alkyl halides is 3. The van der Waals surface area contributed by atoms with E-state index in [9.17, 15) is 31.8 Å². The van der Waals surface area contributed by atoms with Crippen LogP contribution >= 0.6 is 0 Å². The van der Waals surface area contributed by atoms with E-state index in [1.165, 1.54) is 5.57 Å². The first kappa shape index (κ1) is 30.1. The molecule has 38 heavy (non-hydrogen) atoms. The van der Waals surface area contributed by atoms with E-state index in [-0.39, 0.29) is 30.3 Å². The molecule has 9 heteroatoms. The lowest BCUT2D eigenvalue weighted by Crippen LogP contribution is -2.38. The fraction of sp³-hybridized carbons (Fsp3) is 0.862. The molecule has 0 amide bonds. The molecule has 0 radical (unpaired) electrons. The molecule has 0 spiro atoms. The maximum absolute atomic E-state index is 13.1. The number of hydrogen-bond acceptors (Lipinski definition) is 5. The van der Waals surface area contributed by atoms with Crippen molar-refractivity contribution in [3.05, 3.63) is 23.8 Å². The zero-order chi connectivity index (χ0) is 28.3. The molecule has 4 saturated carbocycles. The number of aliphatic hydroxyl groups excluding tert-OH is 1. The Morgan fingerprint density at radius 2 is 1.82 bits per heavy atom. The summed E-state index contributed by atoms with van der Waals surface area (Å²) in [5.74, 6) is 0.861. The Morgan fingerprint density at radius 1 is 1.13 bits per heavy atom. The zero-order valence-electron chi connectivity index (χ0n) is 23.3. The van der Waals surface area contributed by atoms with Gasteiger partial charge in [0.25, 0.3) is 0 Å². The van der Waals surface area contributed by atoms with Crippen LogP contribution in [0, 0.1) is 46.3 Å². The van der Waals surface area contributed by atoms with Gasteiger partial charge in [-0.05, 0) is 94.3 Å². The molecule has 5 nitrogen and oxygen atoms in total. The number of rotatable bonds is 9. The van der Waals surface area contributed by atoms with Crippen molar-refractivity contribution in [3.63, 3.8) is 0 Å². The summed E-state index contributed by atoms with van der Waals surface area (Å²) in [4.78, 5) is 0. The third-order valence-electron chi connectivity index (χ3n) is 10.9. The van der Waals surface area contributed by atoms with E-state index in [2.05, 4.69) is 32.1 Å². The van der Waals surface area contributed by atoms with Gasteiger partial charge in [-0.1, -0.05) is 44.6 Å². The lowest BCUT2D eigenvalue weighted by Gasteiger charge is -2.44. The van der Waals surface area contributed by atoms with E-state index in [1.54, 1.807) is 0 Å². The summed E-state index contributed by atoms with van der Waals surface area (Å²) in [6, 6.07) is 0. The van der Waals surface area contributed by atoms with Crippen molar-refractivity contribution < 1.29 is 36.0 Å². The maximum atomic E-state index is 13.1. The molecular weight excluding hydrogens is 517 g/mol. The van der Waals surface area contributed by atoms with Crippen molar-refractivity contribution in [2.45, 2.75) is 103 Å². The van der Waals surface area contributed by atoms with Gasteiger partial charge in [0.1, 0.15) is 0 Å². The van der Waals surface area contributed by atoms with Crippen LogP contribution in [-0.2, 0) is 14.3 Å². The molecule has 4 aliphatic rings. The summed E-state index contributed by atoms with van der Waals surface area (Å²) in [5.41, 5.74) is -5.62. The fourth-order valence-corrected chi connectivity index (χ4v) is 8.97. The van der Waals surface area contributed by atoms with Crippen LogP contribution in [0.15, 0.2) is 23.8 Å². The zero-order valence-corrected chi connectivity index (χ0v) is 24.1. The second-order valence-corrected chi connectivity index (χ2v) is 15.0. The first-order valence-electron chi connectivity index (χ1n) is 14.2. The van der Waals surface area contributed by atoms with Crippen molar-refractivity contribution >= 4 is 10.1 Å². The number of hydrogen-bond donors (Lipinski definition) is 2. The summed E-state index contributed by atoms with van der Waals surface area (Å²) in [5, 5.41) is 20.7. The SMILES string of the molecule is C[C@H](C=C[C@H](C)C(C)(C)O)[C@H]1CC[C@H]2C(=C[C@@H](CO)[C@]34C[C@H]3CCC4OS(=O)(=O)C(F)(F)F)CCC[C@]12C. The molecule has 218 valence electrons. The van der Waals surface area contributed by atoms with Gasteiger partial charge >= 0.3 is 15.6 Å². The summed E-state index contributed by atoms with van der Waals surface area (Å²) < 4.78 is 67.6. The summed E-state index contributed by atoms with van der Waals surface area (Å²) in [7, 11) is -5.69. The maximum Gasteiger partial charge on any atom is 0.523 e. The molecule has 0 aromatic rings. The van der Waals surface area contributed by atoms with Gasteiger partial charge in [-0.25, -0.2) is 0 Å². The van der Waals surface area contributed by atoms with Crippen molar-refractivity contribution in [1.82, 2.24) is 0 Å². The Bertz CT molecular complexity index is 1050. The van der Waals surface area contributed by atoms with Crippen LogP contribution in [0.2, 0.25) is 0 Å². The Kier molecular flexibility index (Phi) is 8.05. The first-order valence-corrected chi connectivity index (χ1v) is 15.6. The predicted molar refractivity (Wildman–Crippen MR) is 140 cm³/mol. The predicted octanol–water partition coefficient (Wildman–Crippen LogP) is 6.37. The molecule has 0 saturated heterocycles. The lowest BCUT2D eigenvalue weighted by molar-refractivity contribution is -0.0612. The van der Waals surface area contributed by atoms with Crippen LogP contribution in [0.5, 0.6) is 0 Å². The van der Waals surface area contributed by atoms with Crippen molar-refractivity contribution in [1.29, 1.82) is 0 Å². The van der Waals surface area contributed by atoms with E-state index in [0.717, 1.165) is 32.1 Å². The van der Waals surface area contributed by atoms with E-state index in [1.807, 2.05) is 20.8 Å². The molecule has 9 atom stereocenters. The van der Waals surface area contributed by atoms with Crippen LogP contribution in [0.4, 0.5) is 13.2 Å². The fourth-order valence-electron chi connectivity index (χ4n) is 8.28. The lowest BCUT2D eigenvalue weighted by atomic mass is 9.60. The standard InChI is InChI=1S/C29H45F3O5S/c1-18(8-9-19(2)26(3,4)34)23-11-12-24-20(7-6-14-27(23,24)5)15-22(17-33)28-16-21(28)10-13-25(28)37-38(35,36)29(30,31)32/h8-9,15,18-19,21-25,33-34H,6-7,10-14,16-17H2,1-5H3/t18-,19+,21-,22+,23-,24+,25?,27-,28+/m1/s1. The summed E-state index contributed by atoms with van der Waals surface area (Å²) in [6.07, 6.45) is 12.0. The van der Waals surface area contributed by atoms with Crippen LogP contribution in [-0.4, -0.2) is 42.5 Å². The Labute approximate surface area is 226 Å². The van der Waals surface area contributed by atoms with E-state index in [0.29, 0.717) is 30.6 Å². The second kappa shape index (κ2) is 10.2. The Hall–Kier alpha value is -0.900. The van der Waals surface area contributed by atoms with E-state index < -0.39 is 38.7 Å². The van der Waals surface area contributed by atoms with Crippen molar-refractivity contribution in [2.24, 2.45) is 46.3 Å². The topological polar surface area (TPSA) is 83.8 Å². The molecule has 1 unspecified atom stereocenters. The quantitative estimate of drug-likeness (QED) is 0.194. The molecular formula is C29H45F3O5S. The van der Waals surface area contributed by atoms with E-state index in [4.69, 9.17) is 4.18 Å². The Morgan fingerprint density at radius 3 is 2.39 bits per heavy atom. The van der Waals surface area contributed by atoms with Gasteiger partial charge in [-0.2, -0.15) is 21.6 Å². The largest absolute Gasteiger partial charge is 0.523 e.